The Morgan fingerprint density at radius 2 is 1.95 bits per heavy atom. The topological polar surface area (TPSA) is 37.9 Å². The SMILES string of the molecule is Cc1n[nH]c2ccc(BOC(C)(C)C(C)(C)P)cc12. The van der Waals surface area contributed by atoms with Gasteiger partial charge in [0.2, 0.25) is 0 Å². The fourth-order valence-electron chi connectivity index (χ4n) is 1.73. The van der Waals surface area contributed by atoms with Crippen LogP contribution >= 0.6 is 9.24 Å². The maximum Gasteiger partial charge on any atom is 0.309 e. The summed E-state index contributed by atoms with van der Waals surface area (Å²) >= 11 is 0. The molecule has 2 aromatic rings. The molecule has 0 aliphatic heterocycles. The molecule has 0 radical (unpaired) electrons. The largest absolute Gasteiger partial charge is 0.429 e. The number of nitrogens with one attached hydrogen (secondary N) is 1. The highest BCUT2D eigenvalue weighted by molar-refractivity contribution is 7.19. The van der Waals surface area contributed by atoms with Crippen molar-refractivity contribution < 1.29 is 4.65 Å². The predicted molar refractivity (Wildman–Crippen MR) is 86.6 cm³/mol. The lowest BCUT2D eigenvalue weighted by atomic mass is 9.83. The number of aryl methyl sites for hydroxylation is 1. The van der Waals surface area contributed by atoms with Crippen LogP contribution in [0.15, 0.2) is 18.2 Å². The molecule has 1 N–H and O–H groups in total. The van der Waals surface area contributed by atoms with Gasteiger partial charge in [0.1, 0.15) is 0 Å². The predicted octanol–water partition coefficient (Wildman–Crippen LogP) is 2.30. The number of fused-ring (bicyclic) bond motifs is 1. The van der Waals surface area contributed by atoms with Gasteiger partial charge in [0.15, 0.2) is 0 Å². The van der Waals surface area contributed by atoms with Crippen LogP contribution in [0.3, 0.4) is 0 Å². The van der Waals surface area contributed by atoms with Crippen molar-refractivity contribution in [2.45, 2.75) is 45.4 Å². The molecule has 3 nitrogen and oxygen atoms in total. The molecule has 1 aromatic heterocycles. The second-order valence-corrected chi connectivity index (χ2v) is 7.65. The summed E-state index contributed by atoms with van der Waals surface area (Å²) in [5.41, 5.74) is 3.09. The summed E-state index contributed by atoms with van der Waals surface area (Å²) in [6, 6.07) is 6.30. The van der Waals surface area contributed by atoms with Crippen molar-refractivity contribution in [2.24, 2.45) is 0 Å². The van der Waals surface area contributed by atoms with Crippen LogP contribution < -0.4 is 5.46 Å². The molecule has 0 aliphatic rings. The molecule has 1 heterocycles. The van der Waals surface area contributed by atoms with Crippen LogP contribution in [0.1, 0.15) is 33.4 Å². The van der Waals surface area contributed by atoms with Gasteiger partial charge in [0, 0.05) is 10.5 Å². The number of rotatable bonds is 4. The molecule has 0 spiro atoms. The van der Waals surface area contributed by atoms with Gasteiger partial charge in [-0.3, -0.25) is 5.10 Å². The second-order valence-electron chi connectivity index (χ2n) is 6.21. The number of aromatic amines is 1. The molecular weight excluding hydrogens is 254 g/mol. The zero-order valence-electron chi connectivity index (χ0n) is 12.4. The highest BCUT2D eigenvalue weighted by Crippen LogP contribution is 2.33. The van der Waals surface area contributed by atoms with Crippen LogP contribution in [-0.2, 0) is 4.65 Å². The minimum absolute atomic E-state index is 0.0304. The van der Waals surface area contributed by atoms with Crippen LogP contribution in [0, 0.1) is 6.92 Å². The van der Waals surface area contributed by atoms with Gasteiger partial charge in [-0.2, -0.15) is 5.10 Å². The number of nitrogens with zero attached hydrogens (tertiary/aromatic N) is 1. The molecule has 5 heteroatoms. The lowest BCUT2D eigenvalue weighted by molar-refractivity contribution is 0.0841. The van der Waals surface area contributed by atoms with Crippen molar-refractivity contribution in [2.75, 3.05) is 0 Å². The summed E-state index contributed by atoms with van der Waals surface area (Å²) in [4.78, 5) is 0. The second kappa shape index (κ2) is 4.92. The third-order valence-electron chi connectivity index (χ3n) is 3.97. The van der Waals surface area contributed by atoms with E-state index in [9.17, 15) is 0 Å². The molecule has 0 saturated heterocycles. The Kier molecular flexibility index (Phi) is 3.77. The molecule has 0 saturated carbocycles. The number of benzene rings is 1. The van der Waals surface area contributed by atoms with Gasteiger partial charge in [-0.05, 0) is 26.8 Å². The summed E-state index contributed by atoms with van der Waals surface area (Å²) in [5.74, 6) is 0. The van der Waals surface area contributed by atoms with Crippen LogP contribution in [0.4, 0.5) is 0 Å². The minimum Gasteiger partial charge on any atom is -0.429 e. The Morgan fingerprint density at radius 3 is 2.58 bits per heavy atom. The van der Waals surface area contributed by atoms with Crippen molar-refractivity contribution in [1.29, 1.82) is 0 Å². The average Bonchev–Trinajstić information content (AvgIpc) is 2.67. The van der Waals surface area contributed by atoms with Crippen molar-refractivity contribution in [3.63, 3.8) is 0 Å². The van der Waals surface area contributed by atoms with Gasteiger partial charge in [-0.25, -0.2) is 0 Å². The van der Waals surface area contributed by atoms with Crippen LogP contribution in [0.2, 0.25) is 0 Å². The fourth-order valence-corrected chi connectivity index (χ4v) is 1.82. The van der Waals surface area contributed by atoms with E-state index in [1.54, 1.807) is 0 Å². The Balaban J connectivity index is 2.16. The number of aromatic nitrogens is 2. The molecule has 0 bridgehead atoms. The third-order valence-corrected chi connectivity index (χ3v) is 4.66. The summed E-state index contributed by atoms with van der Waals surface area (Å²) in [5, 5.41) is 8.43. The van der Waals surface area contributed by atoms with E-state index in [2.05, 4.69) is 65.3 Å². The molecule has 0 aliphatic carbocycles. The first-order chi connectivity index (χ1) is 8.71. The molecule has 1 unspecified atom stereocenters. The zero-order chi connectivity index (χ0) is 14.3. The van der Waals surface area contributed by atoms with Gasteiger partial charge < -0.3 is 4.65 Å². The maximum atomic E-state index is 6.09. The van der Waals surface area contributed by atoms with Gasteiger partial charge in [-0.1, -0.05) is 31.4 Å². The van der Waals surface area contributed by atoms with Gasteiger partial charge in [-0.15, -0.1) is 9.24 Å². The van der Waals surface area contributed by atoms with Gasteiger partial charge in [0.05, 0.1) is 16.8 Å². The van der Waals surface area contributed by atoms with E-state index < -0.39 is 0 Å². The summed E-state index contributed by atoms with van der Waals surface area (Å²) in [6.07, 6.45) is 0. The molecule has 102 valence electrons. The number of H-pyrrole nitrogens is 1. The standard InChI is InChI=1S/C14H22BN2OP/c1-9-11-8-10(6-7-12(11)17-16-9)15-18-13(2,3)14(4,5)19/h6-8,15H,19H2,1-5H3,(H,16,17). The molecular formula is C14H22BN2OP. The van der Waals surface area contributed by atoms with E-state index in [0.717, 1.165) is 11.2 Å². The van der Waals surface area contributed by atoms with E-state index >= 15 is 0 Å². The normalized spacial score (nSPS) is 12.9. The Bertz CT molecular complexity index is 587. The first-order valence-electron chi connectivity index (χ1n) is 6.57. The van der Waals surface area contributed by atoms with Crippen LogP contribution in [-0.4, -0.2) is 28.4 Å². The monoisotopic (exact) mass is 276 g/mol. The summed E-state index contributed by atoms with van der Waals surface area (Å²) < 4.78 is 6.09. The number of hydrogen-bond acceptors (Lipinski definition) is 2. The van der Waals surface area contributed by atoms with Crippen LogP contribution in [0.25, 0.3) is 10.9 Å². The quantitative estimate of drug-likeness (QED) is 0.687. The number of hydrogen-bond donors (Lipinski definition) is 1. The highest BCUT2D eigenvalue weighted by Gasteiger charge is 2.33. The molecule has 0 amide bonds. The Morgan fingerprint density at radius 1 is 1.26 bits per heavy atom. The fraction of sp³-hybridized carbons (Fsp3) is 0.500. The Hall–Kier alpha value is -0.855. The summed E-state index contributed by atoms with van der Waals surface area (Å²) in [6.45, 7) is 10.6. The molecule has 1 atom stereocenters. The first kappa shape index (κ1) is 14.6. The lowest BCUT2D eigenvalue weighted by Crippen LogP contribution is -2.45. The van der Waals surface area contributed by atoms with Gasteiger partial charge >= 0.3 is 7.48 Å². The van der Waals surface area contributed by atoms with E-state index in [0.29, 0.717) is 7.48 Å². The average molecular weight is 276 g/mol. The summed E-state index contributed by atoms with van der Waals surface area (Å²) in [7, 11) is 3.48. The van der Waals surface area contributed by atoms with E-state index in [1.165, 1.54) is 10.8 Å². The smallest absolute Gasteiger partial charge is 0.309 e. The van der Waals surface area contributed by atoms with Crippen molar-refractivity contribution >= 4 is 33.1 Å². The van der Waals surface area contributed by atoms with Crippen molar-refractivity contribution in [3.05, 3.63) is 23.9 Å². The molecule has 0 fully saturated rings. The molecule has 2 rings (SSSR count). The Labute approximate surface area is 118 Å². The lowest BCUT2D eigenvalue weighted by Gasteiger charge is -2.39. The molecule has 1 aromatic carbocycles. The highest BCUT2D eigenvalue weighted by atomic mass is 31.0. The molecule has 19 heavy (non-hydrogen) atoms. The third kappa shape index (κ3) is 3.01. The van der Waals surface area contributed by atoms with Crippen molar-refractivity contribution in [1.82, 2.24) is 10.2 Å². The van der Waals surface area contributed by atoms with Crippen LogP contribution in [0.5, 0.6) is 0 Å². The van der Waals surface area contributed by atoms with E-state index in [-0.39, 0.29) is 10.8 Å². The van der Waals surface area contributed by atoms with Gasteiger partial charge in [0.25, 0.3) is 0 Å². The maximum absolute atomic E-state index is 6.09. The zero-order valence-corrected chi connectivity index (χ0v) is 13.5. The van der Waals surface area contributed by atoms with Crippen molar-refractivity contribution in [3.8, 4) is 0 Å². The first-order valence-corrected chi connectivity index (χ1v) is 7.15. The van der Waals surface area contributed by atoms with E-state index in [1.807, 2.05) is 6.92 Å². The minimum atomic E-state index is -0.196. The van der Waals surface area contributed by atoms with E-state index in [4.69, 9.17) is 4.65 Å².